The molecule has 1 aromatic heterocycles. The standard InChI is InChI=1S/C12H7NOS.C9H15NO2/c14-9-11-8-13-12(15-11)7-6-10-4-2-1-3-5-10;1-10-6-4-9(5-7-10)3-2-8(11)12-9/h1-5,8-9H;2-7H2,1H3. The van der Waals surface area contributed by atoms with Gasteiger partial charge in [0.2, 0.25) is 0 Å². The van der Waals surface area contributed by atoms with E-state index >= 15 is 0 Å². The number of ether oxygens (including phenoxy) is 1. The van der Waals surface area contributed by atoms with Crippen LogP contribution in [0.1, 0.15) is 45.9 Å². The van der Waals surface area contributed by atoms with E-state index in [2.05, 4.69) is 28.8 Å². The molecule has 140 valence electrons. The molecule has 2 aromatic rings. The van der Waals surface area contributed by atoms with Gasteiger partial charge >= 0.3 is 5.97 Å². The molecule has 0 unspecified atom stereocenters. The third-order valence-corrected chi connectivity index (χ3v) is 5.58. The summed E-state index contributed by atoms with van der Waals surface area (Å²) in [6.45, 7) is 2.13. The third-order valence-electron chi connectivity index (χ3n) is 4.74. The maximum atomic E-state index is 11.0. The summed E-state index contributed by atoms with van der Waals surface area (Å²) in [5.74, 6) is 5.89. The van der Waals surface area contributed by atoms with Crippen molar-refractivity contribution in [3.05, 3.63) is 52.0 Å². The van der Waals surface area contributed by atoms with Crippen molar-refractivity contribution in [2.24, 2.45) is 0 Å². The molecule has 27 heavy (non-hydrogen) atoms. The molecule has 0 saturated carbocycles. The van der Waals surface area contributed by atoms with Crippen molar-refractivity contribution in [3.63, 3.8) is 0 Å². The monoisotopic (exact) mass is 382 g/mol. The van der Waals surface area contributed by atoms with Gasteiger partial charge in [0, 0.05) is 31.3 Å². The summed E-state index contributed by atoms with van der Waals surface area (Å²) in [6, 6.07) is 9.67. The first-order chi connectivity index (χ1) is 13.1. The zero-order valence-electron chi connectivity index (χ0n) is 15.3. The number of benzene rings is 1. The molecular weight excluding hydrogens is 360 g/mol. The number of carbonyl (C=O) groups excluding carboxylic acids is 2. The van der Waals surface area contributed by atoms with Crippen LogP contribution in [0.5, 0.6) is 0 Å². The molecule has 0 N–H and O–H groups in total. The number of nitrogens with zero attached hydrogens (tertiary/aromatic N) is 2. The van der Waals surface area contributed by atoms with E-state index in [9.17, 15) is 9.59 Å². The molecule has 0 atom stereocenters. The number of hydrogen-bond donors (Lipinski definition) is 0. The highest BCUT2D eigenvalue weighted by Crippen LogP contribution is 2.35. The minimum absolute atomic E-state index is 0.000414. The summed E-state index contributed by atoms with van der Waals surface area (Å²) >= 11 is 1.30. The van der Waals surface area contributed by atoms with E-state index in [4.69, 9.17) is 4.74 Å². The number of thiazole rings is 1. The fourth-order valence-corrected chi connectivity index (χ4v) is 3.68. The van der Waals surface area contributed by atoms with Crippen LogP contribution in [0.25, 0.3) is 0 Å². The van der Waals surface area contributed by atoms with Gasteiger partial charge in [-0.05, 0) is 44.4 Å². The van der Waals surface area contributed by atoms with Gasteiger partial charge < -0.3 is 9.64 Å². The van der Waals surface area contributed by atoms with E-state index in [1.165, 1.54) is 17.5 Å². The summed E-state index contributed by atoms with van der Waals surface area (Å²) in [5.41, 5.74) is 0.879. The van der Waals surface area contributed by atoms with Crippen LogP contribution >= 0.6 is 11.3 Å². The number of likely N-dealkylation sites (tertiary alicyclic amines) is 1. The average molecular weight is 382 g/mol. The molecule has 0 aliphatic carbocycles. The van der Waals surface area contributed by atoms with Crippen LogP contribution in [0.2, 0.25) is 0 Å². The van der Waals surface area contributed by atoms with Crippen molar-refractivity contribution in [3.8, 4) is 11.8 Å². The van der Waals surface area contributed by atoms with Gasteiger partial charge in [0.1, 0.15) is 5.60 Å². The molecule has 5 nitrogen and oxygen atoms in total. The van der Waals surface area contributed by atoms with E-state index in [0.717, 1.165) is 44.2 Å². The maximum Gasteiger partial charge on any atom is 0.306 e. The van der Waals surface area contributed by atoms with Crippen LogP contribution in [-0.2, 0) is 9.53 Å². The number of hydrogen-bond acceptors (Lipinski definition) is 6. The number of carbonyl (C=O) groups is 2. The Balaban J connectivity index is 0.000000159. The zero-order chi connectivity index (χ0) is 19.1. The molecule has 2 aliphatic heterocycles. The molecule has 0 amide bonds. The minimum atomic E-state index is -0.0659. The van der Waals surface area contributed by atoms with Crippen molar-refractivity contribution in [2.45, 2.75) is 31.3 Å². The smallest absolute Gasteiger partial charge is 0.306 e. The molecule has 3 heterocycles. The van der Waals surface area contributed by atoms with E-state index in [-0.39, 0.29) is 11.6 Å². The van der Waals surface area contributed by atoms with Crippen molar-refractivity contribution >= 4 is 23.6 Å². The fraction of sp³-hybridized carbons (Fsp3) is 0.381. The van der Waals surface area contributed by atoms with E-state index in [1.807, 2.05) is 30.3 Å². The Bertz CT molecular complexity index is 843. The molecule has 1 spiro atoms. The first-order valence-corrected chi connectivity index (χ1v) is 9.79. The van der Waals surface area contributed by atoms with Gasteiger partial charge in [-0.3, -0.25) is 9.59 Å². The average Bonchev–Trinajstić information content (AvgIpc) is 3.31. The highest BCUT2D eigenvalue weighted by atomic mass is 32.1. The second-order valence-electron chi connectivity index (χ2n) is 6.76. The van der Waals surface area contributed by atoms with Crippen LogP contribution in [0, 0.1) is 11.8 Å². The van der Waals surface area contributed by atoms with Gasteiger partial charge in [0.15, 0.2) is 11.3 Å². The molecule has 2 saturated heterocycles. The predicted molar refractivity (Wildman–Crippen MR) is 105 cm³/mol. The number of rotatable bonds is 1. The quantitative estimate of drug-likeness (QED) is 0.431. The Hall–Kier alpha value is -2.49. The molecular formula is C21H22N2O3S. The zero-order valence-corrected chi connectivity index (χ0v) is 16.1. The normalized spacial score (nSPS) is 18.0. The van der Waals surface area contributed by atoms with Gasteiger partial charge in [-0.15, -0.1) is 11.3 Å². The fourth-order valence-electron chi connectivity index (χ4n) is 3.10. The highest BCUT2D eigenvalue weighted by Gasteiger charge is 2.41. The Morgan fingerprint density at radius 1 is 1.19 bits per heavy atom. The number of aromatic nitrogens is 1. The summed E-state index contributed by atoms with van der Waals surface area (Å²) in [4.78, 5) is 28.3. The Kier molecular flexibility index (Phi) is 6.38. The third kappa shape index (κ3) is 5.49. The topological polar surface area (TPSA) is 59.5 Å². The van der Waals surface area contributed by atoms with E-state index < -0.39 is 0 Å². The van der Waals surface area contributed by atoms with Crippen LogP contribution in [0.15, 0.2) is 36.5 Å². The molecule has 0 bridgehead atoms. The highest BCUT2D eigenvalue weighted by molar-refractivity contribution is 7.13. The van der Waals surface area contributed by atoms with Gasteiger partial charge in [0.25, 0.3) is 0 Å². The second-order valence-corrected chi connectivity index (χ2v) is 7.82. The van der Waals surface area contributed by atoms with Crippen LogP contribution in [0.4, 0.5) is 0 Å². The first-order valence-electron chi connectivity index (χ1n) is 8.97. The lowest BCUT2D eigenvalue weighted by Crippen LogP contribution is -2.42. The van der Waals surface area contributed by atoms with Crippen LogP contribution in [-0.4, -0.2) is 47.9 Å². The Morgan fingerprint density at radius 2 is 1.93 bits per heavy atom. The maximum absolute atomic E-state index is 11.0. The number of esters is 1. The number of aldehydes is 1. The molecule has 2 fully saturated rings. The van der Waals surface area contributed by atoms with Crippen LogP contribution < -0.4 is 0 Å². The Morgan fingerprint density at radius 3 is 2.52 bits per heavy atom. The van der Waals surface area contributed by atoms with Gasteiger partial charge in [-0.25, -0.2) is 4.98 Å². The molecule has 6 heteroatoms. The van der Waals surface area contributed by atoms with E-state index in [1.54, 1.807) is 0 Å². The minimum Gasteiger partial charge on any atom is -0.459 e. The molecule has 4 rings (SSSR count). The first kappa shape index (κ1) is 19.3. The lowest BCUT2D eigenvalue weighted by molar-refractivity contribution is -0.151. The van der Waals surface area contributed by atoms with Crippen molar-refractivity contribution in [2.75, 3.05) is 20.1 Å². The Labute approximate surface area is 163 Å². The predicted octanol–water partition coefficient (Wildman–Crippen LogP) is 3.14. The summed E-state index contributed by atoms with van der Waals surface area (Å²) in [5, 5.41) is 0.668. The van der Waals surface area contributed by atoms with Crippen LogP contribution in [0.3, 0.4) is 0 Å². The van der Waals surface area contributed by atoms with Gasteiger partial charge in [-0.1, -0.05) is 24.1 Å². The lowest BCUT2D eigenvalue weighted by atomic mass is 9.89. The van der Waals surface area contributed by atoms with Gasteiger partial charge in [-0.2, -0.15) is 0 Å². The molecule has 2 aliphatic rings. The van der Waals surface area contributed by atoms with Crippen molar-refractivity contribution < 1.29 is 14.3 Å². The molecule has 1 aromatic carbocycles. The molecule has 0 radical (unpaired) electrons. The largest absolute Gasteiger partial charge is 0.459 e. The second kappa shape index (κ2) is 8.94. The van der Waals surface area contributed by atoms with Crippen molar-refractivity contribution in [1.82, 2.24) is 9.88 Å². The van der Waals surface area contributed by atoms with Crippen molar-refractivity contribution in [1.29, 1.82) is 0 Å². The summed E-state index contributed by atoms with van der Waals surface area (Å²) in [7, 11) is 2.11. The van der Waals surface area contributed by atoms with Gasteiger partial charge in [0.05, 0.1) is 4.88 Å². The lowest BCUT2D eigenvalue weighted by Gasteiger charge is -2.36. The number of piperidine rings is 1. The summed E-state index contributed by atoms with van der Waals surface area (Å²) < 4.78 is 5.37. The SMILES string of the molecule is CN1CCC2(CCC(=O)O2)CC1.O=Cc1cnc(C#Cc2ccccc2)s1. The summed E-state index contributed by atoms with van der Waals surface area (Å²) in [6.07, 6.45) is 5.94. The van der Waals surface area contributed by atoms with E-state index in [0.29, 0.717) is 16.3 Å².